The van der Waals surface area contributed by atoms with Gasteiger partial charge in [-0.3, -0.25) is 9.59 Å². The fraction of sp³-hybridized carbons (Fsp3) is 0.529. The number of benzene rings is 1. The minimum absolute atomic E-state index is 0.0385. The maximum absolute atomic E-state index is 12.4. The van der Waals surface area contributed by atoms with Gasteiger partial charge in [-0.05, 0) is 37.5 Å². The zero-order valence-corrected chi connectivity index (χ0v) is 13.2. The summed E-state index contributed by atoms with van der Waals surface area (Å²) in [4.78, 5) is 25.2. The van der Waals surface area contributed by atoms with Gasteiger partial charge in [0.05, 0.1) is 13.5 Å². The molecule has 0 aliphatic rings. The Labute approximate surface area is 127 Å². The monoisotopic (exact) mass is 291 g/mol. The van der Waals surface area contributed by atoms with E-state index < -0.39 is 0 Å². The highest BCUT2D eigenvalue weighted by Gasteiger charge is 2.15. The molecule has 1 rings (SSSR count). The Hall–Kier alpha value is -1.84. The molecule has 1 aromatic rings. The van der Waals surface area contributed by atoms with Gasteiger partial charge in [-0.2, -0.15) is 0 Å². The lowest BCUT2D eigenvalue weighted by atomic mass is 10.1. The maximum atomic E-state index is 12.4. The molecule has 0 saturated carbocycles. The Morgan fingerprint density at radius 2 is 1.81 bits per heavy atom. The molecule has 0 fully saturated rings. The molecular formula is C17H25NO3. The highest BCUT2D eigenvalue weighted by atomic mass is 16.5. The summed E-state index contributed by atoms with van der Waals surface area (Å²) in [6.45, 7) is 5.04. The summed E-state index contributed by atoms with van der Waals surface area (Å²) < 4.78 is 4.61. The Kier molecular flexibility index (Phi) is 7.51. The van der Waals surface area contributed by atoms with Crippen molar-refractivity contribution < 1.29 is 14.3 Å². The fourth-order valence-electron chi connectivity index (χ4n) is 2.11. The van der Waals surface area contributed by atoms with Gasteiger partial charge in [-0.25, -0.2) is 0 Å². The molecule has 21 heavy (non-hydrogen) atoms. The number of rotatable bonds is 8. The molecule has 0 heterocycles. The molecule has 0 aliphatic heterocycles. The third-order valence-electron chi connectivity index (χ3n) is 3.50. The molecular weight excluding hydrogens is 266 g/mol. The highest BCUT2D eigenvalue weighted by Crippen LogP contribution is 2.10. The molecule has 0 aliphatic carbocycles. The first-order valence-corrected chi connectivity index (χ1v) is 7.57. The van der Waals surface area contributed by atoms with Gasteiger partial charge in [0.15, 0.2) is 0 Å². The summed E-state index contributed by atoms with van der Waals surface area (Å²) in [6, 6.07) is 7.76. The number of aryl methyl sites for hydroxylation is 1. The Morgan fingerprint density at radius 1 is 1.14 bits per heavy atom. The molecule has 0 saturated heterocycles. The maximum Gasteiger partial charge on any atom is 0.307 e. The number of unbranched alkanes of at least 4 members (excludes halogenated alkanes) is 1. The van der Waals surface area contributed by atoms with E-state index >= 15 is 0 Å². The van der Waals surface area contributed by atoms with Crippen LogP contribution in [-0.4, -0.2) is 37.0 Å². The van der Waals surface area contributed by atoms with Crippen LogP contribution in [0.3, 0.4) is 0 Å². The Balaban J connectivity index is 2.64. The largest absolute Gasteiger partial charge is 0.469 e. The lowest BCUT2D eigenvalue weighted by molar-refractivity contribution is -0.140. The van der Waals surface area contributed by atoms with Gasteiger partial charge >= 0.3 is 5.97 Å². The third kappa shape index (κ3) is 5.58. The molecule has 0 radical (unpaired) electrons. The smallest absolute Gasteiger partial charge is 0.307 e. The first-order valence-electron chi connectivity index (χ1n) is 7.57. The van der Waals surface area contributed by atoms with E-state index in [0.717, 1.165) is 19.3 Å². The van der Waals surface area contributed by atoms with Crippen LogP contribution in [0.4, 0.5) is 0 Å². The quantitative estimate of drug-likeness (QED) is 0.692. The molecule has 0 aromatic heterocycles. The Morgan fingerprint density at radius 3 is 2.33 bits per heavy atom. The van der Waals surface area contributed by atoms with Crippen molar-refractivity contribution in [1.29, 1.82) is 0 Å². The van der Waals surface area contributed by atoms with Crippen molar-refractivity contribution in [3.05, 3.63) is 35.4 Å². The highest BCUT2D eigenvalue weighted by molar-refractivity contribution is 5.94. The predicted octanol–water partition coefficient (Wildman–Crippen LogP) is 3.05. The minimum atomic E-state index is -0.295. The van der Waals surface area contributed by atoms with Crippen LogP contribution in [0.5, 0.6) is 0 Å². The molecule has 116 valence electrons. The van der Waals surface area contributed by atoms with Crippen molar-refractivity contribution in [2.45, 2.75) is 39.5 Å². The standard InChI is InChI=1S/C17H25NO3/c1-4-6-7-14-8-10-15(11-9-14)17(20)18(5-2)13-12-16(19)21-3/h8-11H,4-7,12-13H2,1-3H3. The molecule has 0 unspecified atom stereocenters. The van der Waals surface area contributed by atoms with E-state index in [1.165, 1.54) is 12.7 Å². The normalized spacial score (nSPS) is 10.2. The molecule has 4 nitrogen and oxygen atoms in total. The van der Waals surface area contributed by atoms with Crippen molar-refractivity contribution in [3.8, 4) is 0 Å². The summed E-state index contributed by atoms with van der Waals surface area (Å²) in [7, 11) is 1.36. The lowest BCUT2D eigenvalue weighted by Crippen LogP contribution is -2.33. The van der Waals surface area contributed by atoms with Gasteiger partial charge in [0.25, 0.3) is 5.91 Å². The van der Waals surface area contributed by atoms with Crippen LogP contribution in [0.1, 0.15) is 49.0 Å². The van der Waals surface area contributed by atoms with E-state index in [4.69, 9.17) is 0 Å². The van der Waals surface area contributed by atoms with Crippen molar-refractivity contribution >= 4 is 11.9 Å². The topological polar surface area (TPSA) is 46.6 Å². The van der Waals surface area contributed by atoms with Crippen LogP contribution < -0.4 is 0 Å². The van der Waals surface area contributed by atoms with Crippen LogP contribution in [0, 0.1) is 0 Å². The van der Waals surface area contributed by atoms with Gasteiger partial charge in [-0.1, -0.05) is 25.5 Å². The summed E-state index contributed by atoms with van der Waals surface area (Å²) in [5.41, 5.74) is 1.92. The molecule has 0 spiro atoms. The van der Waals surface area contributed by atoms with Gasteiger partial charge in [0.1, 0.15) is 0 Å². The number of hydrogen-bond donors (Lipinski definition) is 0. The van der Waals surface area contributed by atoms with Crippen molar-refractivity contribution in [2.24, 2.45) is 0 Å². The minimum Gasteiger partial charge on any atom is -0.469 e. The van der Waals surface area contributed by atoms with E-state index in [9.17, 15) is 9.59 Å². The molecule has 0 N–H and O–H groups in total. The van der Waals surface area contributed by atoms with Crippen LogP contribution in [0.15, 0.2) is 24.3 Å². The average molecular weight is 291 g/mol. The molecule has 4 heteroatoms. The van der Waals surface area contributed by atoms with Crippen LogP contribution in [0.25, 0.3) is 0 Å². The summed E-state index contributed by atoms with van der Waals surface area (Å²) in [6.07, 6.45) is 3.60. The summed E-state index contributed by atoms with van der Waals surface area (Å²) in [5.74, 6) is -0.334. The fourth-order valence-corrected chi connectivity index (χ4v) is 2.11. The van der Waals surface area contributed by atoms with Gasteiger partial charge in [0.2, 0.25) is 0 Å². The molecule has 0 atom stereocenters. The average Bonchev–Trinajstić information content (AvgIpc) is 2.53. The second kappa shape index (κ2) is 9.16. The molecule has 0 bridgehead atoms. The predicted molar refractivity (Wildman–Crippen MR) is 83.3 cm³/mol. The van der Waals surface area contributed by atoms with E-state index in [0.29, 0.717) is 18.7 Å². The molecule has 1 aromatic carbocycles. The second-order valence-electron chi connectivity index (χ2n) is 5.01. The number of esters is 1. The zero-order chi connectivity index (χ0) is 15.7. The second-order valence-corrected chi connectivity index (χ2v) is 5.01. The van der Waals surface area contributed by atoms with Crippen molar-refractivity contribution in [3.63, 3.8) is 0 Å². The van der Waals surface area contributed by atoms with E-state index in [2.05, 4.69) is 11.7 Å². The number of hydrogen-bond acceptors (Lipinski definition) is 3. The SMILES string of the molecule is CCCCc1ccc(C(=O)N(CC)CCC(=O)OC)cc1. The number of methoxy groups -OCH3 is 1. The van der Waals surface area contributed by atoms with Crippen LogP contribution in [0.2, 0.25) is 0 Å². The van der Waals surface area contributed by atoms with Gasteiger partial charge in [0, 0.05) is 18.7 Å². The van der Waals surface area contributed by atoms with E-state index in [1.807, 2.05) is 31.2 Å². The number of amides is 1. The zero-order valence-electron chi connectivity index (χ0n) is 13.2. The number of carbonyl (C=O) groups is 2. The summed E-state index contributed by atoms with van der Waals surface area (Å²) in [5, 5.41) is 0. The number of nitrogens with zero attached hydrogens (tertiary/aromatic N) is 1. The Bertz CT molecular complexity index is 454. The van der Waals surface area contributed by atoms with Crippen LogP contribution in [-0.2, 0) is 16.0 Å². The lowest BCUT2D eigenvalue weighted by Gasteiger charge is -2.20. The first-order chi connectivity index (χ1) is 10.1. The van der Waals surface area contributed by atoms with Crippen LogP contribution >= 0.6 is 0 Å². The number of ether oxygens (including phenoxy) is 1. The van der Waals surface area contributed by atoms with Crippen molar-refractivity contribution in [2.75, 3.05) is 20.2 Å². The van der Waals surface area contributed by atoms with Gasteiger partial charge < -0.3 is 9.64 Å². The first kappa shape index (κ1) is 17.2. The van der Waals surface area contributed by atoms with E-state index in [1.54, 1.807) is 4.90 Å². The number of carbonyl (C=O) groups excluding carboxylic acids is 2. The van der Waals surface area contributed by atoms with Gasteiger partial charge in [-0.15, -0.1) is 0 Å². The molecule has 1 amide bonds. The van der Waals surface area contributed by atoms with Crippen molar-refractivity contribution in [1.82, 2.24) is 4.90 Å². The van der Waals surface area contributed by atoms with E-state index in [-0.39, 0.29) is 18.3 Å². The summed E-state index contributed by atoms with van der Waals surface area (Å²) >= 11 is 0. The third-order valence-corrected chi connectivity index (χ3v) is 3.50.